The van der Waals surface area contributed by atoms with Gasteiger partial charge >= 0.3 is 5.97 Å². The highest BCUT2D eigenvalue weighted by molar-refractivity contribution is 5.83. The van der Waals surface area contributed by atoms with E-state index in [1.165, 1.54) is 44.9 Å². The van der Waals surface area contributed by atoms with Gasteiger partial charge < -0.3 is 16.6 Å². The number of carbonyl (C=O) groups excluding carboxylic acids is 1. The predicted octanol–water partition coefficient (Wildman–Crippen LogP) is 3.39. The molecule has 0 aromatic rings. The van der Waals surface area contributed by atoms with Crippen molar-refractivity contribution in [1.82, 2.24) is 0 Å². The first-order valence-electron chi connectivity index (χ1n) is 9.25. The molecular formula is C18H36N2O3. The zero-order valence-corrected chi connectivity index (χ0v) is 14.8. The van der Waals surface area contributed by atoms with E-state index in [1.807, 2.05) is 0 Å². The van der Waals surface area contributed by atoms with E-state index in [1.54, 1.807) is 0 Å². The number of rotatable bonds is 16. The molecule has 0 aliphatic rings. The monoisotopic (exact) mass is 328 g/mol. The van der Waals surface area contributed by atoms with Gasteiger partial charge in [0.05, 0.1) is 6.04 Å². The Morgan fingerprint density at radius 3 is 1.78 bits per heavy atom. The zero-order chi connectivity index (χ0) is 17.5. The van der Waals surface area contributed by atoms with Gasteiger partial charge in [-0.05, 0) is 25.7 Å². The number of Topliss-reactive ketones (excluding diaryl/α,β-unsaturated/α-hetero) is 1. The van der Waals surface area contributed by atoms with Crippen LogP contribution in [0.1, 0.15) is 90.4 Å². The Morgan fingerprint density at radius 2 is 1.26 bits per heavy atom. The molecular weight excluding hydrogens is 292 g/mol. The Kier molecular flexibility index (Phi) is 14.0. The highest BCUT2D eigenvalue weighted by atomic mass is 16.4. The molecule has 5 nitrogen and oxygen atoms in total. The van der Waals surface area contributed by atoms with Crippen LogP contribution < -0.4 is 11.5 Å². The molecule has 5 N–H and O–H groups in total. The van der Waals surface area contributed by atoms with Gasteiger partial charge in [-0.1, -0.05) is 58.3 Å². The van der Waals surface area contributed by atoms with Gasteiger partial charge in [0.25, 0.3) is 0 Å². The first kappa shape index (κ1) is 22.1. The van der Waals surface area contributed by atoms with Crippen LogP contribution in [0.3, 0.4) is 0 Å². The predicted molar refractivity (Wildman–Crippen MR) is 94.3 cm³/mol. The fourth-order valence-electron chi connectivity index (χ4n) is 2.64. The van der Waals surface area contributed by atoms with Crippen LogP contribution in [0.25, 0.3) is 0 Å². The van der Waals surface area contributed by atoms with E-state index in [9.17, 15) is 9.59 Å². The summed E-state index contributed by atoms with van der Waals surface area (Å²) in [5, 5.41) is 8.68. The lowest BCUT2D eigenvalue weighted by Gasteiger charge is -2.11. The van der Waals surface area contributed by atoms with Crippen molar-refractivity contribution < 1.29 is 14.7 Å². The summed E-state index contributed by atoms with van der Waals surface area (Å²) in [5.41, 5.74) is 11.3. The molecule has 0 aliphatic carbocycles. The maximum Gasteiger partial charge on any atom is 0.320 e. The van der Waals surface area contributed by atoms with Crippen LogP contribution in [-0.4, -0.2) is 28.9 Å². The van der Waals surface area contributed by atoms with Gasteiger partial charge in [0, 0.05) is 6.42 Å². The summed E-state index contributed by atoms with van der Waals surface area (Å²) in [6.07, 6.45) is 13.1. The van der Waals surface area contributed by atoms with E-state index in [0.717, 1.165) is 12.8 Å². The summed E-state index contributed by atoms with van der Waals surface area (Å²) >= 11 is 0. The van der Waals surface area contributed by atoms with Gasteiger partial charge in [0.15, 0.2) is 0 Å². The average Bonchev–Trinajstić information content (AvgIpc) is 2.52. The molecule has 1 unspecified atom stereocenters. The molecule has 0 radical (unpaired) electrons. The van der Waals surface area contributed by atoms with Gasteiger partial charge in [-0.3, -0.25) is 9.59 Å². The summed E-state index contributed by atoms with van der Waals surface area (Å²) in [6, 6.07) is -1.32. The van der Waals surface area contributed by atoms with Crippen LogP contribution in [-0.2, 0) is 9.59 Å². The number of ketones is 1. The molecule has 0 aliphatic heterocycles. The Labute approximate surface area is 141 Å². The molecule has 2 atom stereocenters. The summed E-state index contributed by atoms with van der Waals surface area (Å²) in [5.74, 6) is -0.906. The third-order valence-corrected chi connectivity index (χ3v) is 4.29. The molecule has 0 bridgehead atoms. The van der Waals surface area contributed by atoms with E-state index < -0.39 is 18.1 Å². The minimum atomic E-state index is -1.00. The quantitative estimate of drug-likeness (QED) is 0.377. The van der Waals surface area contributed by atoms with E-state index in [0.29, 0.717) is 25.7 Å². The molecule has 0 saturated carbocycles. The average molecular weight is 328 g/mol. The van der Waals surface area contributed by atoms with Gasteiger partial charge in [0.2, 0.25) is 0 Å². The highest BCUT2D eigenvalue weighted by Crippen LogP contribution is 2.12. The number of nitrogens with two attached hydrogens (primary N) is 2. The number of hydrogen-bond acceptors (Lipinski definition) is 4. The van der Waals surface area contributed by atoms with Crippen LogP contribution in [0.2, 0.25) is 0 Å². The number of carboxylic acid groups (broad SMARTS) is 1. The van der Waals surface area contributed by atoms with Gasteiger partial charge in [-0.2, -0.15) is 0 Å². The lowest BCUT2D eigenvalue weighted by Crippen LogP contribution is -2.33. The molecule has 0 aromatic carbocycles. The molecule has 0 amide bonds. The van der Waals surface area contributed by atoms with Crippen molar-refractivity contribution in [2.45, 2.75) is 102 Å². The first-order valence-corrected chi connectivity index (χ1v) is 9.25. The fraction of sp³-hybridized carbons (Fsp3) is 0.889. The van der Waals surface area contributed by atoms with Crippen molar-refractivity contribution in [1.29, 1.82) is 0 Å². The van der Waals surface area contributed by atoms with E-state index >= 15 is 0 Å². The first-order chi connectivity index (χ1) is 11.0. The molecule has 0 saturated heterocycles. The molecule has 0 spiro atoms. The SMILES string of the molecule is CCCCCCCCCCCC(=O)C(N)CCC[C@@H](N)C(=O)O. The van der Waals surface area contributed by atoms with E-state index in [2.05, 4.69) is 6.92 Å². The van der Waals surface area contributed by atoms with Crippen molar-refractivity contribution in [2.24, 2.45) is 11.5 Å². The fourth-order valence-corrected chi connectivity index (χ4v) is 2.64. The molecule has 0 heterocycles. The minimum Gasteiger partial charge on any atom is -0.480 e. The van der Waals surface area contributed by atoms with Crippen molar-refractivity contribution >= 4 is 11.8 Å². The number of aliphatic carboxylic acids is 1. The molecule has 5 heteroatoms. The Bertz CT molecular complexity index is 321. The van der Waals surface area contributed by atoms with E-state index in [4.69, 9.17) is 16.6 Å². The van der Waals surface area contributed by atoms with Crippen molar-refractivity contribution in [3.8, 4) is 0 Å². The Balaban J connectivity index is 3.49. The summed E-state index contributed by atoms with van der Waals surface area (Å²) in [7, 11) is 0. The van der Waals surface area contributed by atoms with Crippen molar-refractivity contribution in [3.63, 3.8) is 0 Å². The minimum absolute atomic E-state index is 0.0943. The normalized spacial score (nSPS) is 13.7. The second kappa shape index (κ2) is 14.6. The molecule has 0 fully saturated rings. The second-order valence-electron chi connectivity index (χ2n) is 6.53. The van der Waals surface area contributed by atoms with Gasteiger partial charge in [0.1, 0.15) is 11.8 Å². The molecule has 23 heavy (non-hydrogen) atoms. The molecule has 0 rings (SSSR count). The van der Waals surface area contributed by atoms with Crippen LogP contribution in [0.15, 0.2) is 0 Å². The second-order valence-corrected chi connectivity index (χ2v) is 6.53. The topological polar surface area (TPSA) is 106 Å². The number of carbonyl (C=O) groups is 2. The zero-order valence-electron chi connectivity index (χ0n) is 14.8. The number of unbranched alkanes of at least 4 members (excludes halogenated alkanes) is 8. The molecule has 0 aromatic heterocycles. The lowest BCUT2D eigenvalue weighted by molar-refractivity contribution is -0.138. The standard InChI is InChI=1S/C18H36N2O3/c1-2-3-4-5-6-7-8-9-10-14-17(21)15(19)12-11-13-16(20)18(22)23/h15-16H,2-14,19-20H2,1H3,(H,22,23)/t15?,16-/m1/s1. The summed E-state index contributed by atoms with van der Waals surface area (Å²) < 4.78 is 0. The van der Waals surface area contributed by atoms with Gasteiger partial charge in [-0.25, -0.2) is 0 Å². The maximum atomic E-state index is 11.9. The van der Waals surface area contributed by atoms with E-state index in [-0.39, 0.29) is 5.78 Å². The maximum absolute atomic E-state index is 11.9. The lowest BCUT2D eigenvalue weighted by atomic mass is 9.99. The van der Waals surface area contributed by atoms with Gasteiger partial charge in [-0.15, -0.1) is 0 Å². The third kappa shape index (κ3) is 13.2. The number of hydrogen-bond donors (Lipinski definition) is 3. The Hall–Kier alpha value is -0.940. The van der Waals surface area contributed by atoms with Crippen molar-refractivity contribution in [3.05, 3.63) is 0 Å². The van der Waals surface area contributed by atoms with Crippen LogP contribution in [0.4, 0.5) is 0 Å². The number of carboxylic acids is 1. The van der Waals surface area contributed by atoms with Crippen LogP contribution in [0.5, 0.6) is 0 Å². The van der Waals surface area contributed by atoms with Crippen molar-refractivity contribution in [2.75, 3.05) is 0 Å². The third-order valence-electron chi connectivity index (χ3n) is 4.29. The largest absolute Gasteiger partial charge is 0.480 e. The summed E-state index contributed by atoms with van der Waals surface area (Å²) in [4.78, 5) is 22.5. The smallest absolute Gasteiger partial charge is 0.320 e. The van der Waals surface area contributed by atoms with Crippen LogP contribution in [0, 0.1) is 0 Å². The highest BCUT2D eigenvalue weighted by Gasteiger charge is 2.15. The van der Waals surface area contributed by atoms with Crippen LogP contribution >= 0.6 is 0 Å². The summed E-state index contributed by atoms with van der Waals surface area (Å²) in [6.45, 7) is 2.22. The Morgan fingerprint density at radius 1 is 0.783 bits per heavy atom. The molecule has 136 valence electrons.